The van der Waals surface area contributed by atoms with Gasteiger partial charge >= 0.3 is 0 Å². The van der Waals surface area contributed by atoms with E-state index in [1.54, 1.807) is 7.11 Å². The molecular weight excluding hydrogens is 254 g/mol. The molecule has 2 atom stereocenters. The second kappa shape index (κ2) is 7.29. The van der Waals surface area contributed by atoms with Crippen LogP contribution in [0.15, 0.2) is 24.3 Å². The Morgan fingerprint density at radius 3 is 2.80 bits per heavy atom. The number of amides is 1. The van der Waals surface area contributed by atoms with Crippen molar-refractivity contribution in [2.24, 2.45) is 0 Å². The fourth-order valence-corrected chi connectivity index (χ4v) is 2.47. The Morgan fingerprint density at radius 1 is 1.45 bits per heavy atom. The van der Waals surface area contributed by atoms with Crippen LogP contribution in [-0.4, -0.2) is 31.8 Å². The van der Waals surface area contributed by atoms with Crippen LogP contribution in [0.3, 0.4) is 0 Å². The van der Waals surface area contributed by atoms with Crippen LogP contribution >= 0.6 is 0 Å². The van der Waals surface area contributed by atoms with Gasteiger partial charge in [0.05, 0.1) is 19.3 Å². The average molecular weight is 277 g/mol. The number of carbonyl (C=O) groups excluding carboxylic acids is 1. The van der Waals surface area contributed by atoms with Crippen molar-refractivity contribution in [1.82, 2.24) is 5.32 Å². The SMILES string of the molecule is COc1ccc(CCC(=O)N[C@@H](C)[C@@H]2CCCO2)cc1. The van der Waals surface area contributed by atoms with E-state index in [1.165, 1.54) is 0 Å². The molecule has 0 bridgehead atoms. The van der Waals surface area contributed by atoms with Gasteiger partial charge in [-0.25, -0.2) is 0 Å². The molecule has 20 heavy (non-hydrogen) atoms. The van der Waals surface area contributed by atoms with E-state index in [4.69, 9.17) is 9.47 Å². The number of benzene rings is 1. The molecule has 1 N–H and O–H groups in total. The first-order chi connectivity index (χ1) is 9.69. The standard InChI is InChI=1S/C16H23NO3/c1-12(15-4-3-11-20-15)17-16(18)10-7-13-5-8-14(19-2)9-6-13/h5-6,8-9,12,15H,3-4,7,10-11H2,1-2H3,(H,17,18)/t12-,15-/m0/s1. The highest BCUT2D eigenvalue weighted by Gasteiger charge is 2.23. The van der Waals surface area contributed by atoms with Crippen LogP contribution in [-0.2, 0) is 16.0 Å². The molecule has 4 heteroatoms. The van der Waals surface area contributed by atoms with Crippen molar-refractivity contribution in [3.63, 3.8) is 0 Å². The molecule has 4 nitrogen and oxygen atoms in total. The van der Waals surface area contributed by atoms with E-state index in [1.807, 2.05) is 31.2 Å². The minimum Gasteiger partial charge on any atom is -0.497 e. The number of aryl methyl sites for hydroxylation is 1. The predicted octanol–water partition coefficient (Wildman–Crippen LogP) is 2.31. The average Bonchev–Trinajstić information content (AvgIpc) is 3.00. The van der Waals surface area contributed by atoms with E-state index in [0.717, 1.165) is 37.2 Å². The zero-order valence-electron chi connectivity index (χ0n) is 12.2. The van der Waals surface area contributed by atoms with Crippen LogP contribution in [0.1, 0.15) is 31.7 Å². The lowest BCUT2D eigenvalue weighted by molar-refractivity contribution is -0.122. The molecule has 0 spiro atoms. The number of rotatable bonds is 6. The summed E-state index contributed by atoms with van der Waals surface area (Å²) in [4.78, 5) is 11.9. The van der Waals surface area contributed by atoms with Gasteiger partial charge in [0.1, 0.15) is 5.75 Å². The van der Waals surface area contributed by atoms with Gasteiger partial charge in [0.25, 0.3) is 0 Å². The van der Waals surface area contributed by atoms with Crippen molar-refractivity contribution in [2.75, 3.05) is 13.7 Å². The Bertz CT molecular complexity index is 424. The van der Waals surface area contributed by atoms with Crippen molar-refractivity contribution < 1.29 is 14.3 Å². The Kier molecular flexibility index (Phi) is 5.41. The molecule has 1 aromatic carbocycles. The van der Waals surface area contributed by atoms with Gasteiger partial charge in [-0.15, -0.1) is 0 Å². The minimum atomic E-state index is 0.0869. The van der Waals surface area contributed by atoms with E-state index >= 15 is 0 Å². The number of nitrogens with one attached hydrogen (secondary N) is 1. The summed E-state index contributed by atoms with van der Waals surface area (Å²) in [6.07, 6.45) is 3.56. The summed E-state index contributed by atoms with van der Waals surface area (Å²) in [5.41, 5.74) is 1.14. The molecule has 1 aromatic rings. The maximum absolute atomic E-state index is 11.9. The zero-order chi connectivity index (χ0) is 14.4. The number of methoxy groups -OCH3 is 1. The van der Waals surface area contributed by atoms with Gasteiger partial charge in [-0.2, -0.15) is 0 Å². The number of ether oxygens (including phenoxy) is 2. The van der Waals surface area contributed by atoms with Crippen LogP contribution in [0.25, 0.3) is 0 Å². The molecular formula is C16H23NO3. The van der Waals surface area contributed by atoms with Gasteiger partial charge in [0.2, 0.25) is 5.91 Å². The Labute approximate surface area is 120 Å². The zero-order valence-corrected chi connectivity index (χ0v) is 12.2. The third-order valence-corrected chi connectivity index (χ3v) is 3.71. The molecule has 110 valence electrons. The van der Waals surface area contributed by atoms with Crippen molar-refractivity contribution in [3.05, 3.63) is 29.8 Å². The molecule has 0 unspecified atom stereocenters. The van der Waals surface area contributed by atoms with Gasteiger partial charge in [0.15, 0.2) is 0 Å². The highest BCUT2D eigenvalue weighted by Crippen LogP contribution is 2.16. The van der Waals surface area contributed by atoms with Crippen LogP contribution in [0.5, 0.6) is 5.75 Å². The second-order valence-electron chi connectivity index (χ2n) is 5.26. The lowest BCUT2D eigenvalue weighted by Gasteiger charge is -2.19. The summed E-state index contributed by atoms with van der Waals surface area (Å²) >= 11 is 0. The molecule has 0 radical (unpaired) electrons. The van der Waals surface area contributed by atoms with E-state index in [0.29, 0.717) is 6.42 Å². The normalized spacial score (nSPS) is 19.6. The highest BCUT2D eigenvalue weighted by atomic mass is 16.5. The Hall–Kier alpha value is -1.55. The highest BCUT2D eigenvalue weighted by molar-refractivity contribution is 5.76. The largest absolute Gasteiger partial charge is 0.497 e. The molecule has 1 saturated heterocycles. The summed E-state index contributed by atoms with van der Waals surface area (Å²) in [5.74, 6) is 0.925. The number of carbonyl (C=O) groups is 1. The summed E-state index contributed by atoms with van der Waals surface area (Å²) in [6.45, 7) is 2.83. The van der Waals surface area contributed by atoms with Crippen LogP contribution in [0, 0.1) is 0 Å². The molecule has 1 aliphatic heterocycles. The smallest absolute Gasteiger partial charge is 0.220 e. The molecule has 1 aliphatic rings. The third kappa shape index (κ3) is 4.23. The topological polar surface area (TPSA) is 47.6 Å². The van der Waals surface area contributed by atoms with Crippen molar-refractivity contribution in [2.45, 2.75) is 44.8 Å². The predicted molar refractivity (Wildman–Crippen MR) is 77.9 cm³/mol. The fourth-order valence-electron chi connectivity index (χ4n) is 2.47. The fraction of sp³-hybridized carbons (Fsp3) is 0.562. The lowest BCUT2D eigenvalue weighted by Crippen LogP contribution is -2.40. The van der Waals surface area contributed by atoms with E-state index in [-0.39, 0.29) is 18.1 Å². The van der Waals surface area contributed by atoms with Crippen molar-refractivity contribution in [3.8, 4) is 5.75 Å². The van der Waals surface area contributed by atoms with Crippen LogP contribution in [0.4, 0.5) is 0 Å². The summed E-state index contributed by atoms with van der Waals surface area (Å²) in [5, 5.41) is 3.03. The first-order valence-electron chi connectivity index (χ1n) is 7.23. The molecule has 0 aliphatic carbocycles. The van der Waals surface area contributed by atoms with Gasteiger partial charge in [-0.05, 0) is 43.9 Å². The van der Waals surface area contributed by atoms with Crippen molar-refractivity contribution >= 4 is 5.91 Å². The molecule has 2 rings (SSSR count). The quantitative estimate of drug-likeness (QED) is 0.868. The third-order valence-electron chi connectivity index (χ3n) is 3.71. The van der Waals surface area contributed by atoms with Gasteiger partial charge < -0.3 is 14.8 Å². The van der Waals surface area contributed by atoms with Gasteiger partial charge in [-0.3, -0.25) is 4.79 Å². The van der Waals surface area contributed by atoms with E-state index < -0.39 is 0 Å². The monoisotopic (exact) mass is 277 g/mol. The molecule has 1 amide bonds. The van der Waals surface area contributed by atoms with Gasteiger partial charge in [0, 0.05) is 13.0 Å². The maximum atomic E-state index is 11.9. The minimum absolute atomic E-state index is 0.0869. The second-order valence-corrected chi connectivity index (χ2v) is 5.26. The number of hydrogen-bond donors (Lipinski definition) is 1. The molecule has 0 aromatic heterocycles. The summed E-state index contributed by atoms with van der Waals surface area (Å²) in [7, 11) is 1.65. The Balaban J connectivity index is 1.73. The summed E-state index contributed by atoms with van der Waals surface area (Å²) in [6, 6.07) is 7.93. The van der Waals surface area contributed by atoms with Crippen LogP contribution < -0.4 is 10.1 Å². The first-order valence-corrected chi connectivity index (χ1v) is 7.23. The number of hydrogen-bond acceptors (Lipinski definition) is 3. The maximum Gasteiger partial charge on any atom is 0.220 e. The Morgan fingerprint density at radius 2 is 2.20 bits per heavy atom. The van der Waals surface area contributed by atoms with Gasteiger partial charge in [-0.1, -0.05) is 12.1 Å². The van der Waals surface area contributed by atoms with Crippen LogP contribution in [0.2, 0.25) is 0 Å². The molecule has 1 fully saturated rings. The van der Waals surface area contributed by atoms with Crippen molar-refractivity contribution in [1.29, 1.82) is 0 Å². The first kappa shape index (κ1) is 14.9. The van der Waals surface area contributed by atoms with E-state index in [2.05, 4.69) is 5.32 Å². The molecule has 0 saturated carbocycles. The lowest BCUT2D eigenvalue weighted by atomic mass is 10.1. The summed E-state index contributed by atoms with van der Waals surface area (Å²) < 4.78 is 10.7. The molecule has 1 heterocycles. The van der Waals surface area contributed by atoms with E-state index in [9.17, 15) is 4.79 Å².